The topological polar surface area (TPSA) is 38.3 Å². The number of ketones is 1. The van der Waals surface area contributed by atoms with Crippen molar-refractivity contribution in [3.63, 3.8) is 0 Å². The first-order valence-electron chi connectivity index (χ1n) is 7.73. The lowest BCUT2D eigenvalue weighted by Crippen LogP contribution is -2.33. The molecule has 1 N–H and O–H groups in total. The van der Waals surface area contributed by atoms with Crippen LogP contribution >= 0.6 is 0 Å². The average Bonchev–Trinajstić information content (AvgIpc) is 2.57. The maximum atomic E-state index is 12.3. The highest BCUT2D eigenvalue weighted by Gasteiger charge is 2.15. The molecule has 1 aliphatic rings. The summed E-state index contributed by atoms with van der Waals surface area (Å²) in [7, 11) is 0. The highest BCUT2D eigenvalue weighted by molar-refractivity contribution is 5.97. The Bertz CT molecular complexity index is 625. The Kier molecular flexibility index (Phi) is 4.66. The number of benzene rings is 2. The molecular formula is C19H21NO2. The lowest BCUT2D eigenvalue weighted by Gasteiger charge is -2.24. The zero-order valence-electron chi connectivity index (χ0n) is 12.8. The van der Waals surface area contributed by atoms with Gasteiger partial charge in [0.25, 0.3) is 0 Å². The van der Waals surface area contributed by atoms with Crippen molar-refractivity contribution in [3.8, 4) is 0 Å². The van der Waals surface area contributed by atoms with E-state index in [0.717, 1.165) is 30.8 Å². The number of Topliss-reactive ketones (excluding diaryl/α,β-unsaturated/α-hetero) is 1. The number of nitrogens with one attached hydrogen (secondary N) is 1. The van der Waals surface area contributed by atoms with Gasteiger partial charge in [0.05, 0.1) is 12.7 Å². The lowest BCUT2D eigenvalue weighted by molar-refractivity contribution is 0.0277. The van der Waals surface area contributed by atoms with E-state index in [2.05, 4.69) is 17.4 Å². The molecule has 0 aromatic heterocycles. The third-order valence-electron chi connectivity index (χ3n) is 4.02. The number of hydrogen-bond donors (Lipinski definition) is 1. The normalized spacial score (nSPS) is 18.1. The van der Waals surface area contributed by atoms with Gasteiger partial charge in [0.2, 0.25) is 0 Å². The van der Waals surface area contributed by atoms with Crippen molar-refractivity contribution in [2.75, 3.05) is 19.7 Å². The molecule has 1 fully saturated rings. The SMILES string of the molecule is Cc1ccc(C(=O)Cc2ccc(C3CNCCO3)cc2)cc1. The number of ether oxygens (including phenoxy) is 1. The number of hydrogen-bond acceptors (Lipinski definition) is 3. The van der Waals surface area contributed by atoms with Crippen molar-refractivity contribution in [2.45, 2.75) is 19.4 Å². The molecule has 2 aromatic rings. The van der Waals surface area contributed by atoms with Crippen LogP contribution in [0.4, 0.5) is 0 Å². The first kappa shape index (κ1) is 14.9. The molecule has 114 valence electrons. The van der Waals surface area contributed by atoms with Crippen LogP contribution in [0, 0.1) is 6.92 Å². The number of morpholine rings is 1. The molecule has 0 radical (unpaired) electrons. The number of carbonyl (C=O) groups excluding carboxylic acids is 1. The van der Waals surface area contributed by atoms with Gasteiger partial charge in [0.1, 0.15) is 0 Å². The van der Waals surface area contributed by atoms with Gasteiger partial charge < -0.3 is 10.1 Å². The molecule has 3 rings (SSSR count). The summed E-state index contributed by atoms with van der Waals surface area (Å²) in [5.41, 5.74) is 4.15. The summed E-state index contributed by atoms with van der Waals surface area (Å²) >= 11 is 0. The van der Waals surface area contributed by atoms with E-state index in [1.165, 1.54) is 11.1 Å². The Morgan fingerprint density at radius 2 is 1.86 bits per heavy atom. The third-order valence-corrected chi connectivity index (χ3v) is 4.02. The molecular weight excluding hydrogens is 274 g/mol. The Morgan fingerprint density at radius 1 is 1.14 bits per heavy atom. The van der Waals surface area contributed by atoms with E-state index in [9.17, 15) is 4.79 Å². The van der Waals surface area contributed by atoms with E-state index in [1.54, 1.807) is 0 Å². The molecule has 0 spiro atoms. The Balaban J connectivity index is 1.65. The predicted molar refractivity (Wildman–Crippen MR) is 87.2 cm³/mol. The highest BCUT2D eigenvalue weighted by Crippen LogP contribution is 2.19. The minimum Gasteiger partial charge on any atom is -0.371 e. The fourth-order valence-corrected chi connectivity index (χ4v) is 2.66. The molecule has 3 heteroatoms. The van der Waals surface area contributed by atoms with Crippen LogP contribution < -0.4 is 5.32 Å². The van der Waals surface area contributed by atoms with Gasteiger partial charge in [-0.15, -0.1) is 0 Å². The number of carbonyl (C=O) groups is 1. The van der Waals surface area contributed by atoms with Crippen molar-refractivity contribution < 1.29 is 9.53 Å². The van der Waals surface area contributed by atoms with Crippen molar-refractivity contribution in [3.05, 3.63) is 70.8 Å². The van der Waals surface area contributed by atoms with E-state index in [-0.39, 0.29) is 11.9 Å². The number of rotatable bonds is 4. The van der Waals surface area contributed by atoms with Gasteiger partial charge in [-0.05, 0) is 18.1 Å². The lowest BCUT2D eigenvalue weighted by atomic mass is 10.00. The maximum Gasteiger partial charge on any atom is 0.167 e. The first-order chi connectivity index (χ1) is 10.7. The second-order valence-corrected chi connectivity index (χ2v) is 5.77. The zero-order chi connectivity index (χ0) is 15.4. The van der Waals surface area contributed by atoms with Crippen LogP contribution in [0.25, 0.3) is 0 Å². The Hall–Kier alpha value is -1.97. The average molecular weight is 295 g/mol. The summed E-state index contributed by atoms with van der Waals surface area (Å²) < 4.78 is 5.74. The Morgan fingerprint density at radius 3 is 2.50 bits per heavy atom. The third kappa shape index (κ3) is 3.62. The molecule has 1 aliphatic heterocycles. The van der Waals surface area contributed by atoms with E-state index in [1.807, 2.05) is 43.3 Å². The van der Waals surface area contributed by atoms with Crippen LogP contribution in [0.5, 0.6) is 0 Å². The van der Waals surface area contributed by atoms with Gasteiger partial charge in [-0.25, -0.2) is 0 Å². The van der Waals surface area contributed by atoms with Gasteiger partial charge in [0.15, 0.2) is 5.78 Å². The standard InChI is InChI=1S/C19H21NO2/c1-14-2-6-16(7-3-14)18(21)12-15-4-8-17(9-5-15)19-13-20-10-11-22-19/h2-9,19-20H,10-13H2,1H3. The predicted octanol–water partition coefficient (Wildman–Crippen LogP) is 3.08. The summed E-state index contributed by atoms with van der Waals surface area (Å²) in [4.78, 5) is 12.3. The summed E-state index contributed by atoms with van der Waals surface area (Å²) in [6, 6.07) is 15.9. The molecule has 0 aliphatic carbocycles. The van der Waals surface area contributed by atoms with Gasteiger partial charge >= 0.3 is 0 Å². The van der Waals surface area contributed by atoms with Crippen molar-refractivity contribution in [1.82, 2.24) is 5.32 Å². The van der Waals surface area contributed by atoms with Crippen LogP contribution in [0.2, 0.25) is 0 Å². The van der Waals surface area contributed by atoms with Gasteiger partial charge in [-0.2, -0.15) is 0 Å². The summed E-state index contributed by atoms with van der Waals surface area (Å²) in [5.74, 6) is 0.156. The van der Waals surface area contributed by atoms with Gasteiger partial charge in [-0.3, -0.25) is 4.79 Å². The van der Waals surface area contributed by atoms with Crippen LogP contribution in [-0.2, 0) is 11.2 Å². The monoisotopic (exact) mass is 295 g/mol. The smallest absolute Gasteiger partial charge is 0.167 e. The molecule has 2 aromatic carbocycles. The number of aryl methyl sites for hydroxylation is 1. The minimum atomic E-state index is 0.121. The van der Waals surface area contributed by atoms with Gasteiger partial charge in [0, 0.05) is 25.1 Å². The highest BCUT2D eigenvalue weighted by atomic mass is 16.5. The van der Waals surface area contributed by atoms with Crippen molar-refractivity contribution in [2.24, 2.45) is 0 Å². The Labute approximate surface area is 131 Å². The van der Waals surface area contributed by atoms with Crippen molar-refractivity contribution in [1.29, 1.82) is 0 Å². The summed E-state index contributed by atoms with van der Waals surface area (Å²) in [5, 5.41) is 3.33. The van der Waals surface area contributed by atoms with E-state index in [0.29, 0.717) is 6.42 Å². The molecule has 1 unspecified atom stereocenters. The van der Waals surface area contributed by atoms with Crippen molar-refractivity contribution >= 4 is 5.78 Å². The largest absolute Gasteiger partial charge is 0.371 e. The molecule has 22 heavy (non-hydrogen) atoms. The first-order valence-corrected chi connectivity index (χ1v) is 7.73. The molecule has 1 heterocycles. The zero-order valence-corrected chi connectivity index (χ0v) is 12.8. The molecule has 0 saturated carbocycles. The van der Waals surface area contributed by atoms with Crippen LogP contribution in [0.15, 0.2) is 48.5 Å². The second kappa shape index (κ2) is 6.86. The maximum absolute atomic E-state index is 12.3. The van der Waals surface area contributed by atoms with E-state index >= 15 is 0 Å². The minimum absolute atomic E-state index is 0.121. The molecule has 0 amide bonds. The van der Waals surface area contributed by atoms with Crippen LogP contribution in [0.3, 0.4) is 0 Å². The summed E-state index contributed by atoms with van der Waals surface area (Å²) in [6.07, 6.45) is 0.559. The second-order valence-electron chi connectivity index (χ2n) is 5.77. The van der Waals surface area contributed by atoms with E-state index < -0.39 is 0 Å². The molecule has 1 saturated heterocycles. The van der Waals surface area contributed by atoms with Crippen LogP contribution in [-0.4, -0.2) is 25.5 Å². The fraction of sp³-hybridized carbons (Fsp3) is 0.316. The van der Waals surface area contributed by atoms with E-state index in [4.69, 9.17) is 4.74 Å². The summed E-state index contributed by atoms with van der Waals surface area (Å²) in [6.45, 7) is 4.54. The van der Waals surface area contributed by atoms with Gasteiger partial charge in [-0.1, -0.05) is 54.1 Å². The quantitative estimate of drug-likeness (QED) is 0.881. The molecule has 1 atom stereocenters. The molecule has 3 nitrogen and oxygen atoms in total. The fourth-order valence-electron chi connectivity index (χ4n) is 2.66. The van der Waals surface area contributed by atoms with Crippen LogP contribution in [0.1, 0.15) is 33.2 Å². The molecule has 0 bridgehead atoms.